The lowest BCUT2D eigenvalue weighted by Crippen LogP contribution is -2.36. The molecule has 1 aromatic carbocycles. The van der Waals surface area contributed by atoms with E-state index >= 15 is 0 Å². The first kappa shape index (κ1) is 28.5. The normalized spacial score (nSPS) is 23.7. The van der Waals surface area contributed by atoms with E-state index < -0.39 is 49.4 Å². The standard InChI is InChI=1S/C24H29BrN3O9P/c1-15(23(31)34-13-16-7-8-16)27-38(33,37-18-5-3-2-4-6-18)35-14-20-19(29)11-21(36-20)28-12-17(9-10-25)22(30)26-24(28)32/h2-6,9-10,12,15-16,19-21,29H,7-8,11,13-14H2,1H3,(H,27,33)(H,26,30,32)/b10-9+/t15-,19?,20?,21?,38?/m0/s1. The average Bonchev–Trinajstić information content (AvgIpc) is 3.64. The van der Waals surface area contributed by atoms with Crippen LogP contribution in [-0.4, -0.2) is 52.1 Å². The van der Waals surface area contributed by atoms with Gasteiger partial charge in [-0.3, -0.25) is 23.7 Å². The van der Waals surface area contributed by atoms with Crippen molar-refractivity contribution in [3.8, 4) is 5.75 Å². The molecule has 38 heavy (non-hydrogen) atoms. The van der Waals surface area contributed by atoms with E-state index in [1.807, 2.05) is 0 Å². The summed E-state index contributed by atoms with van der Waals surface area (Å²) in [6.07, 6.45) is 1.83. The molecule has 14 heteroatoms. The number of H-pyrrole nitrogens is 1. The number of aromatic amines is 1. The van der Waals surface area contributed by atoms with Crippen molar-refractivity contribution < 1.29 is 33.0 Å². The van der Waals surface area contributed by atoms with Crippen LogP contribution in [0, 0.1) is 5.92 Å². The average molecular weight is 614 g/mol. The molecule has 1 aromatic heterocycles. The Morgan fingerprint density at radius 1 is 1.32 bits per heavy atom. The fourth-order valence-corrected chi connectivity index (χ4v) is 5.51. The van der Waals surface area contributed by atoms with E-state index in [1.165, 1.54) is 24.2 Å². The maximum atomic E-state index is 13.7. The second kappa shape index (κ2) is 12.5. The molecule has 3 N–H and O–H groups in total. The number of carbonyl (C=O) groups excluding carboxylic acids is 1. The van der Waals surface area contributed by atoms with E-state index in [-0.39, 0.29) is 24.3 Å². The second-order valence-electron chi connectivity index (χ2n) is 9.10. The van der Waals surface area contributed by atoms with E-state index in [0.29, 0.717) is 12.5 Å². The van der Waals surface area contributed by atoms with Crippen LogP contribution in [0.2, 0.25) is 0 Å². The number of rotatable bonds is 12. The Kier molecular flexibility index (Phi) is 9.40. The number of hydrogen-bond donors (Lipinski definition) is 3. The molecule has 5 atom stereocenters. The predicted molar refractivity (Wildman–Crippen MR) is 141 cm³/mol. The van der Waals surface area contributed by atoms with Crippen LogP contribution in [0.4, 0.5) is 0 Å². The minimum atomic E-state index is -4.16. The Labute approximate surface area is 226 Å². The molecule has 0 bridgehead atoms. The minimum Gasteiger partial charge on any atom is -0.464 e. The molecule has 4 unspecified atom stereocenters. The minimum absolute atomic E-state index is 0.0125. The smallest absolute Gasteiger partial charge is 0.459 e. The number of para-hydroxylation sites is 1. The summed E-state index contributed by atoms with van der Waals surface area (Å²) in [5.74, 6) is 0.00504. The number of aliphatic hydroxyl groups excluding tert-OH is 1. The monoisotopic (exact) mass is 613 g/mol. The number of aromatic nitrogens is 2. The first-order valence-corrected chi connectivity index (χ1v) is 14.5. The van der Waals surface area contributed by atoms with Crippen LogP contribution in [0.25, 0.3) is 6.08 Å². The van der Waals surface area contributed by atoms with E-state index in [1.54, 1.807) is 30.3 Å². The first-order chi connectivity index (χ1) is 18.2. The van der Waals surface area contributed by atoms with Crippen molar-refractivity contribution in [2.45, 2.75) is 50.7 Å². The van der Waals surface area contributed by atoms with Crippen LogP contribution >= 0.6 is 23.7 Å². The van der Waals surface area contributed by atoms with Gasteiger partial charge in [0.15, 0.2) is 0 Å². The number of hydrogen-bond acceptors (Lipinski definition) is 9. The summed E-state index contributed by atoms with van der Waals surface area (Å²) >= 11 is 3.09. The molecular formula is C24H29BrN3O9P. The second-order valence-corrected chi connectivity index (χ2v) is 11.3. The van der Waals surface area contributed by atoms with Crippen molar-refractivity contribution in [3.05, 3.63) is 67.9 Å². The molecular weight excluding hydrogens is 585 g/mol. The summed E-state index contributed by atoms with van der Waals surface area (Å²) in [7, 11) is -4.16. The lowest BCUT2D eigenvalue weighted by molar-refractivity contribution is -0.145. The van der Waals surface area contributed by atoms with Gasteiger partial charge in [0.2, 0.25) is 0 Å². The number of halogens is 1. The van der Waals surface area contributed by atoms with Crippen LogP contribution in [0.15, 0.2) is 51.1 Å². The Balaban J connectivity index is 1.45. The third-order valence-corrected chi connectivity index (χ3v) is 7.90. The molecule has 1 saturated carbocycles. The van der Waals surface area contributed by atoms with Gasteiger partial charge in [-0.1, -0.05) is 34.1 Å². The molecule has 0 radical (unpaired) electrons. The van der Waals surface area contributed by atoms with Crippen molar-refractivity contribution in [1.82, 2.24) is 14.6 Å². The summed E-state index contributed by atoms with van der Waals surface area (Å²) in [5, 5.41) is 13.2. The number of ether oxygens (including phenoxy) is 2. The molecule has 4 rings (SSSR count). The number of nitrogens with zero attached hydrogens (tertiary/aromatic N) is 1. The van der Waals surface area contributed by atoms with Gasteiger partial charge in [0, 0.05) is 12.6 Å². The van der Waals surface area contributed by atoms with Crippen molar-refractivity contribution in [3.63, 3.8) is 0 Å². The maximum Gasteiger partial charge on any atom is 0.459 e. The number of aliphatic hydroxyl groups is 1. The zero-order valence-corrected chi connectivity index (χ0v) is 23.0. The summed E-state index contributed by atoms with van der Waals surface area (Å²) in [6.45, 7) is 1.40. The van der Waals surface area contributed by atoms with E-state index in [0.717, 1.165) is 17.4 Å². The summed E-state index contributed by atoms with van der Waals surface area (Å²) < 4.78 is 37.1. The molecule has 206 valence electrons. The molecule has 1 aliphatic heterocycles. The molecule has 2 aromatic rings. The molecule has 1 aliphatic carbocycles. The summed E-state index contributed by atoms with van der Waals surface area (Å²) in [6, 6.07) is 7.26. The van der Waals surface area contributed by atoms with Crippen molar-refractivity contribution in [2.75, 3.05) is 13.2 Å². The highest BCUT2D eigenvalue weighted by molar-refractivity contribution is 9.11. The maximum absolute atomic E-state index is 13.7. The van der Waals surface area contributed by atoms with Gasteiger partial charge in [-0.15, -0.1) is 0 Å². The highest BCUT2D eigenvalue weighted by atomic mass is 79.9. The number of esters is 1. The third-order valence-electron chi connectivity index (χ3n) is 5.99. The molecule has 2 heterocycles. The van der Waals surface area contributed by atoms with Crippen molar-refractivity contribution in [1.29, 1.82) is 0 Å². The Morgan fingerprint density at radius 3 is 2.74 bits per heavy atom. The number of carbonyl (C=O) groups is 1. The van der Waals surface area contributed by atoms with Gasteiger partial charge in [0.05, 0.1) is 24.9 Å². The first-order valence-electron chi connectivity index (χ1n) is 12.1. The molecule has 1 saturated heterocycles. The van der Waals surface area contributed by atoms with E-state index in [4.69, 9.17) is 18.5 Å². The van der Waals surface area contributed by atoms with Gasteiger partial charge >= 0.3 is 19.4 Å². The van der Waals surface area contributed by atoms with Gasteiger partial charge in [-0.05, 0) is 48.9 Å². The SMILES string of the molecule is C[C@H](NP(=O)(OCC1OC(n2cc(/C=C/Br)c(=O)[nH]c2=O)CC1O)Oc1ccccc1)C(=O)OCC1CC1. The van der Waals surface area contributed by atoms with Crippen LogP contribution in [0.3, 0.4) is 0 Å². The van der Waals surface area contributed by atoms with Crippen LogP contribution < -0.4 is 20.9 Å². The summed E-state index contributed by atoms with van der Waals surface area (Å²) in [5.41, 5.74) is -1.08. The molecule has 2 aliphatic rings. The van der Waals surface area contributed by atoms with Crippen LogP contribution in [0.1, 0.15) is 38.0 Å². The predicted octanol–water partition coefficient (Wildman–Crippen LogP) is 2.69. The lowest BCUT2D eigenvalue weighted by atomic mass is 10.2. The molecule has 12 nitrogen and oxygen atoms in total. The van der Waals surface area contributed by atoms with Crippen LogP contribution in [0.5, 0.6) is 5.75 Å². The fraction of sp³-hybridized carbons (Fsp3) is 0.458. The van der Waals surface area contributed by atoms with Gasteiger partial charge < -0.3 is 19.1 Å². The number of benzene rings is 1. The van der Waals surface area contributed by atoms with E-state index in [9.17, 15) is 24.1 Å². The Bertz CT molecular complexity index is 1310. The molecule has 0 amide bonds. The summed E-state index contributed by atoms with van der Waals surface area (Å²) in [4.78, 5) is 40.4. The van der Waals surface area contributed by atoms with Gasteiger partial charge in [-0.2, -0.15) is 5.09 Å². The Hall–Kier alpha value is -2.54. The van der Waals surface area contributed by atoms with E-state index in [2.05, 4.69) is 26.0 Å². The van der Waals surface area contributed by atoms with Gasteiger partial charge in [0.1, 0.15) is 24.1 Å². The zero-order chi connectivity index (χ0) is 27.3. The Morgan fingerprint density at radius 2 is 2.05 bits per heavy atom. The fourth-order valence-electron chi connectivity index (χ4n) is 3.72. The van der Waals surface area contributed by atoms with Gasteiger partial charge in [0.25, 0.3) is 5.56 Å². The van der Waals surface area contributed by atoms with Crippen molar-refractivity contribution in [2.24, 2.45) is 5.92 Å². The molecule has 0 spiro atoms. The van der Waals surface area contributed by atoms with Crippen LogP contribution in [-0.2, 0) is 23.4 Å². The van der Waals surface area contributed by atoms with Crippen molar-refractivity contribution >= 4 is 35.7 Å². The third kappa shape index (κ3) is 7.52. The highest BCUT2D eigenvalue weighted by Crippen LogP contribution is 2.46. The lowest BCUT2D eigenvalue weighted by Gasteiger charge is -2.24. The number of nitrogens with one attached hydrogen (secondary N) is 2. The topological polar surface area (TPSA) is 158 Å². The highest BCUT2D eigenvalue weighted by Gasteiger charge is 2.39. The molecule has 2 fully saturated rings. The van der Waals surface area contributed by atoms with Gasteiger partial charge in [-0.25, -0.2) is 9.36 Å². The largest absolute Gasteiger partial charge is 0.464 e. The quantitative estimate of drug-likeness (QED) is 0.240. The zero-order valence-electron chi connectivity index (χ0n) is 20.5.